The van der Waals surface area contributed by atoms with E-state index in [0.717, 1.165) is 11.1 Å². The van der Waals surface area contributed by atoms with Crippen LogP contribution in [0.2, 0.25) is 0 Å². The van der Waals surface area contributed by atoms with Gasteiger partial charge in [-0.25, -0.2) is 8.42 Å². The minimum Gasteiger partial charge on any atom is -0.341 e. The van der Waals surface area contributed by atoms with Gasteiger partial charge in [0.2, 0.25) is 5.91 Å². The molecular weight excluding hydrogens is 412 g/mol. The average Bonchev–Trinajstić information content (AvgIpc) is 2.75. The molecule has 8 heteroatoms. The molecule has 1 amide bonds. The van der Waals surface area contributed by atoms with E-state index >= 15 is 0 Å². The summed E-state index contributed by atoms with van der Waals surface area (Å²) in [4.78, 5) is 14.3. The number of nitrogens with zero attached hydrogens (tertiary/aromatic N) is 4. The number of amides is 1. The van der Waals surface area contributed by atoms with Crippen LogP contribution in [-0.2, 0) is 14.8 Å². The van der Waals surface area contributed by atoms with Crippen LogP contribution >= 0.6 is 0 Å². The first-order valence-electron chi connectivity index (χ1n) is 9.97. The maximum absolute atomic E-state index is 13.4. The van der Waals surface area contributed by atoms with Crippen LogP contribution in [0.3, 0.4) is 0 Å². The van der Waals surface area contributed by atoms with Crippen molar-refractivity contribution in [1.29, 1.82) is 10.5 Å². The van der Waals surface area contributed by atoms with E-state index in [0.29, 0.717) is 5.69 Å². The molecule has 162 valence electrons. The zero-order chi connectivity index (χ0) is 22.9. The Morgan fingerprint density at radius 2 is 1.32 bits per heavy atom. The zero-order valence-electron chi connectivity index (χ0n) is 17.8. The van der Waals surface area contributed by atoms with Crippen molar-refractivity contribution in [2.45, 2.75) is 38.0 Å². The van der Waals surface area contributed by atoms with E-state index in [-0.39, 0.29) is 49.7 Å². The average molecular weight is 439 g/mol. The number of hydrogen-bond acceptors (Lipinski definition) is 5. The van der Waals surface area contributed by atoms with Crippen molar-refractivity contribution in [3.05, 3.63) is 59.7 Å². The van der Waals surface area contributed by atoms with Crippen LogP contribution in [0.5, 0.6) is 0 Å². The highest BCUT2D eigenvalue weighted by molar-refractivity contribution is 7.92. The summed E-state index contributed by atoms with van der Waals surface area (Å²) in [5.41, 5.74) is 2.41. The minimum absolute atomic E-state index is 0.0479. The molecule has 0 N–H and O–H groups in total. The Labute approximate surface area is 184 Å². The first-order chi connectivity index (χ1) is 14.8. The van der Waals surface area contributed by atoms with Gasteiger partial charge in [0.1, 0.15) is 0 Å². The standard InChI is InChI=1S/C23H26N4O3S/c1-19-5-9-21(10-6-19)27(31(29,30)22-11-7-20(2)8-12-22)18-13-23(28)26(16-3-14-24)17-4-15-25/h5-12H,3-4,13,16-18H2,1-2H3. The van der Waals surface area contributed by atoms with Crippen molar-refractivity contribution in [2.24, 2.45) is 0 Å². The van der Waals surface area contributed by atoms with E-state index in [9.17, 15) is 13.2 Å². The lowest BCUT2D eigenvalue weighted by Gasteiger charge is -2.26. The SMILES string of the molecule is Cc1ccc(N(CCC(=O)N(CCC#N)CCC#N)S(=O)(=O)c2ccc(C)cc2)cc1. The molecule has 0 aromatic heterocycles. The quantitative estimate of drug-likeness (QED) is 0.564. The summed E-state index contributed by atoms with van der Waals surface area (Å²) in [5.74, 6) is -0.290. The minimum atomic E-state index is -3.88. The molecule has 0 bridgehead atoms. The van der Waals surface area contributed by atoms with Gasteiger partial charge in [-0.3, -0.25) is 9.10 Å². The van der Waals surface area contributed by atoms with E-state index in [1.165, 1.54) is 9.21 Å². The molecule has 2 aromatic rings. The molecule has 0 fully saturated rings. The third-order valence-electron chi connectivity index (χ3n) is 4.80. The molecule has 0 saturated heterocycles. The van der Waals surface area contributed by atoms with Gasteiger partial charge < -0.3 is 4.90 Å². The third-order valence-corrected chi connectivity index (χ3v) is 6.64. The Morgan fingerprint density at radius 1 is 0.839 bits per heavy atom. The topological polar surface area (TPSA) is 105 Å². The maximum atomic E-state index is 13.4. The number of nitriles is 2. The van der Waals surface area contributed by atoms with Gasteiger partial charge in [0, 0.05) is 26.1 Å². The highest BCUT2D eigenvalue weighted by Gasteiger charge is 2.26. The van der Waals surface area contributed by atoms with E-state index < -0.39 is 10.0 Å². The number of carbonyl (C=O) groups excluding carboxylic acids is 1. The van der Waals surface area contributed by atoms with Crippen LogP contribution in [0.15, 0.2) is 53.4 Å². The van der Waals surface area contributed by atoms with Crippen LogP contribution in [-0.4, -0.2) is 38.9 Å². The van der Waals surface area contributed by atoms with E-state index in [1.54, 1.807) is 36.4 Å². The first kappa shape index (κ1) is 23.9. The first-order valence-corrected chi connectivity index (χ1v) is 11.4. The van der Waals surface area contributed by atoms with Crippen LogP contribution < -0.4 is 4.31 Å². The fourth-order valence-corrected chi connectivity index (χ4v) is 4.49. The zero-order valence-corrected chi connectivity index (χ0v) is 18.6. The van der Waals surface area contributed by atoms with Gasteiger partial charge >= 0.3 is 0 Å². The van der Waals surface area contributed by atoms with Crippen LogP contribution in [0.4, 0.5) is 5.69 Å². The Morgan fingerprint density at radius 3 is 1.81 bits per heavy atom. The van der Waals surface area contributed by atoms with E-state index in [2.05, 4.69) is 0 Å². The van der Waals surface area contributed by atoms with Crippen molar-refractivity contribution < 1.29 is 13.2 Å². The fourth-order valence-electron chi connectivity index (χ4n) is 3.02. The van der Waals surface area contributed by atoms with E-state index in [1.807, 2.05) is 38.1 Å². The lowest BCUT2D eigenvalue weighted by Crippen LogP contribution is -2.38. The Bertz CT molecular complexity index is 1050. The van der Waals surface area contributed by atoms with Gasteiger partial charge in [-0.1, -0.05) is 35.4 Å². The van der Waals surface area contributed by atoms with Gasteiger partial charge in [0.05, 0.1) is 35.6 Å². The van der Waals surface area contributed by atoms with Crippen molar-refractivity contribution in [3.63, 3.8) is 0 Å². The summed E-state index contributed by atoms with van der Waals surface area (Å²) in [7, 11) is -3.88. The van der Waals surface area contributed by atoms with E-state index in [4.69, 9.17) is 10.5 Å². The van der Waals surface area contributed by atoms with Crippen molar-refractivity contribution in [1.82, 2.24) is 4.90 Å². The molecular formula is C23H26N4O3S. The van der Waals surface area contributed by atoms with Gasteiger partial charge in [-0.2, -0.15) is 10.5 Å². The molecule has 31 heavy (non-hydrogen) atoms. The van der Waals surface area contributed by atoms with Crippen LogP contribution in [0, 0.1) is 36.5 Å². The normalized spacial score (nSPS) is 10.7. The number of carbonyl (C=O) groups is 1. The van der Waals surface area contributed by atoms with Crippen molar-refractivity contribution in [2.75, 3.05) is 23.9 Å². The van der Waals surface area contributed by atoms with Crippen molar-refractivity contribution >= 4 is 21.6 Å². The monoisotopic (exact) mass is 438 g/mol. The maximum Gasteiger partial charge on any atom is 0.264 e. The molecule has 0 aliphatic carbocycles. The molecule has 0 aliphatic rings. The summed E-state index contributed by atoms with van der Waals surface area (Å²) in [6.07, 6.45) is 0.247. The van der Waals surface area contributed by atoms with Crippen LogP contribution in [0.1, 0.15) is 30.4 Å². The molecule has 0 aliphatic heterocycles. The second kappa shape index (κ2) is 11.1. The molecule has 7 nitrogen and oxygen atoms in total. The summed E-state index contributed by atoms with van der Waals surface area (Å²) in [6.45, 7) is 4.17. The molecule has 0 spiro atoms. The number of benzene rings is 2. The third kappa shape index (κ3) is 6.56. The van der Waals surface area contributed by atoms with Gasteiger partial charge in [0.15, 0.2) is 0 Å². The van der Waals surface area contributed by atoms with Gasteiger partial charge in [0.25, 0.3) is 10.0 Å². The van der Waals surface area contributed by atoms with Crippen LogP contribution in [0.25, 0.3) is 0 Å². The predicted molar refractivity (Wildman–Crippen MR) is 119 cm³/mol. The molecule has 2 aromatic carbocycles. The smallest absolute Gasteiger partial charge is 0.264 e. The number of rotatable bonds is 10. The molecule has 0 radical (unpaired) electrons. The highest BCUT2D eigenvalue weighted by Crippen LogP contribution is 2.25. The van der Waals surface area contributed by atoms with Crippen molar-refractivity contribution in [3.8, 4) is 12.1 Å². The summed E-state index contributed by atoms with van der Waals surface area (Å²) in [6, 6.07) is 17.6. The molecule has 2 rings (SSSR count). The second-order valence-electron chi connectivity index (χ2n) is 7.17. The number of aryl methyl sites for hydroxylation is 2. The number of sulfonamides is 1. The van der Waals surface area contributed by atoms with Gasteiger partial charge in [-0.05, 0) is 38.1 Å². The Balaban J connectivity index is 2.30. The second-order valence-corrected chi connectivity index (χ2v) is 9.04. The Kier molecular flexibility index (Phi) is 8.60. The number of anilines is 1. The Hall–Kier alpha value is -3.36. The number of hydrogen-bond donors (Lipinski definition) is 0. The van der Waals surface area contributed by atoms with Gasteiger partial charge in [-0.15, -0.1) is 0 Å². The predicted octanol–water partition coefficient (Wildman–Crippen LogP) is 3.54. The molecule has 0 heterocycles. The summed E-state index contributed by atoms with van der Waals surface area (Å²) >= 11 is 0. The highest BCUT2D eigenvalue weighted by atomic mass is 32.2. The molecule has 0 atom stereocenters. The lowest BCUT2D eigenvalue weighted by molar-refractivity contribution is -0.130. The molecule has 0 saturated carbocycles. The fraction of sp³-hybridized carbons (Fsp3) is 0.348. The lowest BCUT2D eigenvalue weighted by atomic mass is 10.2. The largest absolute Gasteiger partial charge is 0.341 e. The summed E-state index contributed by atoms with van der Waals surface area (Å²) in [5, 5.41) is 17.6. The summed E-state index contributed by atoms with van der Waals surface area (Å²) < 4.78 is 28.0. The molecule has 0 unspecified atom stereocenters.